The van der Waals surface area contributed by atoms with Crippen LogP contribution in [0.15, 0.2) is 42.5 Å². The number of carbonyl (C=O) groups excluding carboxylic acids is 2. The second kappa shape index (κ2) is 10.5. The standard InChI is InChI=1S/C21H27NO4/c23-19(16-17-8-4-3-5-9-17)13-11-18-12-14-20(24)22(18)15-7-2-1-6-10-21(25)26/h3-5,8-9,11,13,18H,1-2,6-7,10,12,14-16H2,(H,25,26)/b13-11+. The van der Waals surface area contributed by atoms with Gasteiger partial charge in [-0.3, -0.25) is 14.4 Å². The van der Waals surface area contributed by atoms with E-state index in [0.717, 1.165) is 31.2 Å². The van der Waals surface area contributed by atoms with Crippen molar-refractivity contribution in [1.82, 2.24) is 4.90 Å². The number of ketones is 1. The number of amides is 1. The molecule has 1 unspecified atom stereocenters. The van der Waals surface area contributed by atoms with Gasteiger partial charge in [-0.05, 0) is 30.9 Å². The van der Waals surface area contributed by atoms with E-state index >= 15 is 0 Å². The molecule has 1 heterocycles. The molecule has 0 aliphatic carbocycles. The van der Waals surface area contributed by atoms with Gasteiger partial charge in [0.15, 0.2) is 5.78 Å². The summed E-state index contributed by atoms with van der Waals surface area (Å²) in [5, 5.41) is 8.62. The van der Waals surface area contributed by atoms with Gasteiger partial charge in [-0.1, -0.05) is 49.2 Å². The Kier molecular flexibility index (Phi) is 8.06. The first-order chi connectivity index (χ1) is 12.6. The number of benzene rings is 1. The summed E-state index contributed by atoms with van der Waals surface area (Å²) in [7, 11) is 0. The van der Waals surface area contributed by atoms with E-state index in [1.54, 1.807) is 6.08 Å². The third-order valence-electron chi connectivity index (χ3n) is 4.64. The number of rotatable bonds is 11. The lowest BCUT2D eigenvalue weighted by atomic mass is 10.1. The molecule has 5 heteroatoms. The van der Waals surface area contributed by atoms with Crippen LogP contribution in [0.5, 0.6) is 0 Å². The van der Waals surface area contributed by atoms with Crippen molar-refractivity contribution in [2.45, 2.75) is 57.4 Å². The highest BCUT2D eigenvalue weighted by Gasteiger charge is 2.28. The number of hydrogen-bond donors (Lipinski definition) is 1. The van der Waals surface area contributed by atoms with Crippen molar-refractivity contribution in [3.8, 4) is 0 Å². The lowest BCUT2D eigenvalue weighted by Crippen LogP contribution is -2.32. The lowest BCUT2D eigenvalue weighted by Gasteiger charge is -2.22. The number of likely N-dealkylation sites (tertiary alicyclic amines) is 1. The second-order valence-corrected chi connectivity index (χ2v) is 6.74. The van der Waals surface area contributed by atoms with Crippen molar-refractivity contribution in [2.75, 3.05) is 6.54 Å². The summed E-state index contributed by atoms with van der Waals surface area (Å²) >= 11 is 0. The van der Waals surface area contributed by atoms with Gasteiger partial charge in [0.05, 0.1) is 6.04 Å². The van der Waals surface area contributed by atoms with Crippen LogP contribution in [0.4, 0.5) is 0 Å². The zero-order chi connectivity index (χ0) is 18.8. The zero-order valence-corrected chi connectivity index (χ0v) is 15.1. The molecular weight excluding hydrogens is 330 g/mol. The molecule has 1 fully saturated rings. The maximum atomic E-state index is 12.1. The molecule has 1 atom stereocenters. The molecule has 1 aromatic carbocycles. The molecule has 0 aromatic heterocycles. The molecule has 0 spiro atoms. The van der Waals surface area contributed by atoms with Gasteiger partial charge in [0.25, 0.3) is 0 Å². The Morgan fingerprint density at radius 2 is 1.85 bits per heavy atom. The minimum absolute atomic E-state index is 0.00115. The van der Waals surface area contributed by atoms with E-state index in [1.807, 2.05) is 41.3 Å². The van der Waals surface area contributed by atoms with Crippen LogP contribution >= 0.6 is 0 Å². The molecular formula is C21H27NO4. The van der Waals surface area contributed by atoms with E-state index in [-0.39, 0.29) is 24.2 Å². The summed E-state index contributed by atoms with van der Waals surface area (Å²) in [5.41, 5.74) is 0.989. The highest BCUT2D eigenvalue weighted by atomic mass is 16.4. The normalized spacial score (nSPS) is 17.2. The predicted octanol–water partition coefficient (Wildman–Crippen LogP) is 3.38. The van der Waals surface area contributed by atoms with Gasteiger partial charge in [0.2, 0.25) is 5.91 Å². The fourth-order valence-corrected chi connectivity index (χ4v) is 3.23. The number of carbonyl (C=O) groups is 3. The quantitative estimate of drug-likeness (QED) is 0.487. The molecule has 140 valence electrons. The fourth-order valence-electron chi connectivity index (χ4n) is 3.23. The summed E-state index contributed by atoms with van der Waals surface area (Å²) in [6, 6.07) is 9.62. The van der Waals surface area contributed by atoms with Crippen LogP contribution in [0.2, 0.25) is 0 Å². The SMILES string of the molecule is O=C(O)CCCCCCN1C(=O)CCC1/C=C/C(=O)Cc1ccccc1. The molecule has 1 N–H and O–H groups in total. The number of carboxylic acid groups (broad SMARTS) is 1. The van der Waals surface area contributed by atoms with Crippen LogP contribution in [0, 0.1) is 0 Å². The molecule has 1 aliphatic rings. The fraction of sp³-hybridized carbons (Fsp3) is 0.476. The molecule has 0 radical (unpaired) electrons. The summed E-state index contributed by atoms with van der Waals surface area (Å²) in [6.07, 6.45) is 8.67. The van der Waals surface area contributed by atoms with Crippen LogP contribution in [-0.2, 0) is 20.8 Å². The molecule has 26 heavy (non-hydrogen) atoms. The molecule has 1 amide bonds. The summed E-state index contributed by atoms with van der Waals surface area (Å²) in [5.74, 6) is -0.574. The Hall–Kier alpha value is -2.43. The first-order valence-electron chi connectivity index (χ1n) is 9.32. The Morgan fingerprint density at radius 3 is 2.58 bits per heavy atom. The minimum atomic E-state index is -0.759. The molecule has 1 saturated heterocycles. The maximum absolute atomic E-state index is 12.1. The lowest BCUT2D eigenvalue weighted by molar-refractivity contribution is -0.137. The van der Waals surface area contributed by atoms with Gasteiger partial charge in [0, 0.05) is 25.8 Å². The Bertz CT molecular complexity index is 639. The van der Waals surface area contributed by atoms with Gasteiger partial charge < -0.3 is 10.0 Å². The number of aliphatic carboxylic acids is 1. The Balaban J connectivity index is 1.75. The van der Waals surface area contributed by atoms with E-state index in [1.165, 1.54) is 0 Å². The van der Waals surface area contributed by atoms with E-state index in [4.69, 9.17) is 5.11 Å². The molecule has 1 aliphatic heterocycles. The third-order valence-corrected chi connectivity index (χ3v) is 4.64. The first kappa shape index (κ1) is 19.9. The second-order valence-electron chi connectivity index (χ2n) is 6.74. The van der Waals surface area contributed by atoms with E-state index in [0.29, 0.717) is 25.8 Å². The van der Waals surface area contributed by atoms with Crippen LogP contribution in [-0.4, -0.2) is 40.3 Å². The van der Waals surface area contributed by atoms with Crippen molar-refractivity contribution < 1.29 is 19.5 Å². The van der Waals surface area contributed by atoms with Gasteiger partial charge in [-0.2, -0.15) is 0 Å². The van der Waals surface area contributed by atoms with Crippen LogP contribution in [0.25, 0.3) is 0 Å². The molecule has 5 nitrogen and oxygen atoms in total. The van der Waals surface area contributed by atoms with Crippen LogP contribution in [0.3, 0.4) is 0 Å². The first-order valence-corrected chi connectivity index (χ1v) is 9.32. The number of unbranched alkanes of at least 4 members (excludes halogenated alkanes) is 3. The van der Waals surface area contributed by atoms with Crippen molar-refractivity contribution in [3.63, 3.8) is 0 Å². The van der Waals surface area contributed by atoms with Gasteiger partial charge in [0.1, 0.15) is 0 Å². The van der Waals surface area contributed by atoms with Crippen LogP contribution in [0.1, 0.15) is 50.5 Å². The Morgan fingerprint density at radius 1 is 1.12 bits per heavy atom. The van der Waals surface area contributed by atoms with E-state index < -0.39 is 5.97 Å². The number of allylic oxidation sites excluding steroid dienone is 1. The van der Waals surface area contributed by atoms with E-state index in [2.05, 4.69) is 0 Å². The average Bonchev–Trinajstić information content (AvgIpc) is 2.97. The van der Waals surface area contributed by atoms with Crippen molar-refractivity contribution in [3.05, 3.63) is 48.0 Å². The Labute approximate surface area is 154 Å². The molecule has 1 aromatic rings. The van der Waals surface area contributed by atoms with Crippen molar-refractivity contribution in [2.24, 2.45) is 0 Å². The minimum Gasteiger partial charge on any atom is -0.481 e. The predicted molar refractivity (Wildman–Crippen MR) is 99.7 cm³/mol. The van der Waals surface area contributed by atoms with Gasteiger partial charge in [-0.25, -0.2) is 0 Å². The van der Waals surface area contributed by atoms with Gasteiger partial charge in [-0.15, -0.1) is 0 Å². The van der Waals surface area contributed by atoms with Crippen LogP contribution < -0.4 is 0 Å². The van der Waals surface area contributed by atoms with Crippen molar-refractivity contribution >= 4 is 17.7 Å². The monoisotopic (exact) mass is 357 g/mol. The zero-order valence-electron chi connectivity index (χ0n) is 15.1. The maximum Gasteiger partial charge on any atom is 0.303 e. The molecule has 2 rings (SSSR count). The smallest absolute Gasteiger partial charge is 0.303 e. The molecule has 0 saturated carbocycles. The van der Waals surface area contributed by atoms with Crippen molar-refractivity contribution in [1.29, 1.82) is 0 Å². The van der Waals surface area contributed by atoms with E-state index in [9.17, 15) is 14.4 Å². The average molecular weight is 357 g/mol. The summed E-state index contributed by atoms with van der Waals surface area (Å²) in [4.78, 5) is 36.5. The highest BCUT2D eigenvalue weighted by Crippen LogP contribution is 2.21. The summed E-state index contributed by atoms with van der Waals surface area (Å²) in [6.45, 7) is 0.674. The van der Waals surface area contributed by atoms with Gasteiger partial charge >= 0.3 is 5.97 Å². The third kappa shape index (κ3) is 6.82. The largest absolute Gasteiger partial charge is 0.481 e. The molecule has 0 bridgehead atoms. The number of nitrogens with zero attached hydrogens (tertiary/aromatic N) is 1. The summed E-state index contributed by atoms with van der Waals surface area (Å²) < 4.78 is 0. The highest BCUT2D eigenvalue weighted by molar-refractivity contribution is 5.91. The topological polar surface area (TPSA) is 74.7 Å². The number of carboxylic acids is 1. The number of hydrogen-bond acceptors (Lipinski definition) is 3.